The number of ether oxygens (including phenoxy) is 1. The van der Waals surface area contributed by atoms with E-state index < -0.39 is 5.60 Å². The van der Waals surface area contributed by atoms with Crippen LogP contribution in [0.25, 0.3) is 0 Å². The monoisotopic (exact) mass is 330 g/mol. The number of Topliss-reactive ketones (excluding diaryl/α,β-unsaturated/α-hetero) is 1. The molecule has 2 aliphatic rings. The van der Waals surface area contributed by atoms with E-state index in [0.717, 1.165) is 13.0 Å². The minimum absolute atomic E-state index is 0.0485. The summed E-state index contributed by atoms with van der Waals surface area (Å²) in [5.41, 5.74) is 0.698. The third kappa shape index (κ3) is 3.78. The Morgan fingerprint density at radius 3 is 2.62 bits per heavy atom. The van der Waals surface area contributed by atoms with Crippen molar-refractivity contribution in [1.82, 2.24) is 9.80 Å². The summed E-state index contributed by atoms with van der Waals surface area (Å²) in [4.78, 5) is 28.6. The quantitative estimate of drug-likeness (QED) is 0.836. The van der Waals surface area contributed by atoms with Gasteiger partial charge < -0.3 is 9.64 Å². The van der Waals surface area contributed by atoms with Gasteiger partial charge in [-0.05, 0) is 32.8 Å². The van der Waals surface area contributed by atoms with E-state index in [4.69, 9.17) is 4.74 Å². The summed E-state index contributed by atoms with van der Waals surface area (Å²) in [6, 6.07) is 10.3. The molecule has 5 heteroatoms. The second-order valence-corrected chi connectivity index (χ2v) is 7.75. The van der Waals surface area contributed by atoms with Crippen LogP contribution in [0.15, 0.2) is 30.3 Å². The van der Waals surface area contributed by atoms with E-state index in [-0.39, 0.29) is 18.1 Å². The summed E-state index contributed by atoms with van der Waals surface area (Å²) in [5, 5.41) is 0. The molecule has 0 radical (unpaired) electrons. The summed E-state index contributed by atoms with van der Waals surface area (Å²) < 4.78 is 5.49. The van der Waals surface area contributed by atoms with Crippen molar-refractivity contribution in [3.8, 4) is 0 Å². The summed E-state index contributed by atoms with van der Waals surface area (Å²) >= 11 is 0. The molecule has 1 aromatic carbocycles. The molecule has 2 heterocycles. The summed E-state index contributed by atoms with van der Waals surface area (Å²) in [7, 11) is 0. The molecule has 2 aliphatic heterocycles. The van der Waals surface area contributed by atoms with Crippen molar-refractivity contribution in [2.75, 3.05) is 19.6 Å². The van der Waals surface area contributed by atoms with Crippen LogP contribution in [0.3, 0.4) is 0 Å². The molecule has 1 aromatic rings. The first-order chi connectivity index (χ1) is 11.3. The smallest absolute Gasteiger partial charge is 0.410 e. The zero-order chi connectivity index (χ0) is 17.3. The molecule has 1 amide bonds. The lowest BCUT2D eigenvalue weighted by Crippen LogP contribution is -2.51. The first-order valence-electron chi connectivity index (χ1n) is 8.62. The fourth-order valence-corrected chi connectivity index (χ4v) is 3.60. The van der Waals surface area contributed by atoms with Gasteiger partial charge in [0, 0.05) is 31.6 Å². The maximum Gasteiger partial charge on any atom is 0.410 e. The molecular weight excluding hydrogens is 304 g/mol. The van der Waals surface area contributed by atoms with Gasteiger partial charge in [0.15, 0.2) is 5.78 Å². The van der Waals surface area contributed by atoms with Crippen LogP contribution in [-0.2, 0) is 16.1 Å². The average molecular weight is 330 g/mol. The minimum atomic E-state index is -0.497. The molecule has 5 nitrogen and oxygen atoms in total. The van der Waals surface area contributed by atoms with Crippen LogP contribution in [0.2, 0.25) is 0 Å². The molecule has 0 saturated carbocycles. The Hall–Kier alpha value is -1.88. The van der Waals surface area contributed by atoms with E-state index >= 15 is 0 Å². The number of piperidine rings is 1. The van der Waals surface area contributed by atoms with Crippen LogP contribution >= 0.6 is 0 Å². The topological polar surface area (TPSA) is 49.9 Å². The molecule has 0 bridgehead atoms. The average Bonchev–Trinajstić information content (AvgIpc) is 2.82. The van der Waals surface area contributed by atoms with E-state index in [2.05, 4.69) is 17.0 Å². The molecule has 2 fully saturated rings. The molecule has 3 rings (SSSR count). The van der Waals surface area contributed by atoms with E-state index in [1.165, 1.54) is 5.56 Å². The maximum absolute atomic E-state index is 12.3. The predicted molar refractivity (Wildman–Crippen MR) is 91.6 cm³/mol. The highest BCUT2D eigenvalue weighted by atomic mass is 16.6. The molecule has 0 unspecified atom stereocenters. The van der Waals surface area contributed by atoms with Gasteiger partial charge in [0.25, 0.3) is 0 Å². The highest BCUT2D eigenvalue weighted by Crippen LogP contribution is 2.31. The lowest BCUT2D eigenvalue weighted by Gasteiger charge is -2.38. The zero-order valence-corrected chi connectivity index (χ0v) is 14.7. The van der Waals surface area contributed by atoms with Gasteiger partial charge in [0.1, 0.15) is 5.60 Å². The molecule has 0 aromatic heterocycles. The molecule has 0 aliphatic carbocycles. The van der Waals surface area contributed by atoms with Crippen molar-refractivity contribution >= 4 is 11.9 Å². The van der Waals surface area contributed by atoms with Crippen molar-refractivity contribution in [3.63, 3.8) is 0 Å². The van der Waals surface area contributed by atoms with Crippen molar-refractivity contribution in [2.24, 2.45) is 5.92 Å². The number of nitrogens with zero attached hydrogens (tertiary/aromatic N) is 2. The number of rotatable bonds is 2. The van der Waals surface area contributed by atoms with E-state index in [0.29, 0.717) is 25.4 Å². The predicted octanol–water partition coefficient (Wildman–Crippen LogP) is 2.70. The van der Waals surface area contributed by atoms with Crippen molar-refractivity contribution < 1.29 is 14.3 Å². The van der Waals surface area contributed by atoms with Crippen LogP contribution in [0, 0.1) is 5.92 Å². The SMILES string of the molecule is CC(C)(C)OC(=O)N1CC[C@H]2C(=O)CN(Cc3ccccc3)[C@H]2C1. The lowest BCUT2D eigenvalue weighted by molar-refractivity contribution is -0.120. The molecule has 0 spiro atoms. The summed E-state index contributed by atoms with van der Waals surface area (Å²) in [5.74, 6) is 0.354. The molecule has 2 saturated heterocycles. The molecular formula is C19H26N2O3. The Kier molecular flexibility index (Phi) is 4.63. The fraction of sp³-hybridized carbons (Fsp3) is 0.579. The van der Waals surface area contributed by atoms with Gasteiger partial charge in [-0.25, -0.2) is 4.79 Å². The van der Waals surface area contributed by atoms with Gasteiger partial charge in [0.2, 0.25) is 0 Å². The number of hydrogen-bond donors (Lipinski definition) is 0. The largest absolute Gasteiger partial charge is 0.444 e. The van der Waals surface area contributed by atoms with Gasteiger partial charge in [-0.1, -0.05) is 30.3 Å². The van der Waals surface area contributed by atoms with Crippen molar-refractivity contribution in [3.05, 3.63) is 35.9 Å². The van der Waals surface area contributed by atoms with Gasteiger partial charge in [-0.15, -0.1) is 0 Å². The number of fused-ring (bicyclic) bond motifs is 1. The van der Waals surface area contributed by atoms with E-state index in [9.17, 15) is 9.59 Å². The zero-order valence-electron chi connectivity index (χ0n) is 14.7. The van der Waals surface area contributed by atoms with Crippen LogP contribution in [0.5, 0.6) is 0 Å². The van der Waals surface area contributed by atoms with Gasteiger partial charge in [0.05, 0.1) is 6.54 Å². The van der Waals surface area contributed by atoms with Crippen molar-refractivity contribution in [2.45, 2.75) is 45.4 Å². The maximum atomic E-state index is 12.3. The Morgan fingerprint density at radius 1 is 1.25 bits per heavy atom. The Labute approximate surface area is 143 Å². The standard InChI is InChI=1S/C19H26N2O3/c1-19(2,3)24-18(23)20-10-9-15-16(12-20)21(13-17(15)22)11-14-7-5-4-6-8-14/h4-8,15-16H,9-13H2,1-3H3/t15-,16+/m1/s1. The molecule has 0 N–H and O–H groups in total. The van der Waals surface area contributed by atoms with Crippen LogP contribution in [-0.4, -0.2) is 53.0 Å². The lowest BCUT2D eigenvalue weighted by atomic mass is 9.91. The fourth-order valence-electron chi connectivity index (χ4n) is 3.60. The van der Waals surface area contributed by atoms with Gasteiger partial charge in [-0.3, -0.25) is 9.69 Å². The first-order valence-corrected chi connectivity index (χ1v) is 8.62. The summed E-state index contributed by atoms with van der Waals surface area (Å²) in [6.45, 7) is 8.01. The Bertz CT molecular complexity index is 609. The van der Waals surface area contributed by atoms with Gasteiger partial charge >= 0.3 is 6.09 Å². The number of likely N-dealkylation sites (tertiary alicyclic amines) is 2. The Morgan fingerprint density at radius 2 is 1.96 bits per heavy atom. The van der Waals surface area contributed by atoms with Crippen LogP contribution in [0.4, 0.5) is 4.79 Å². The van der Waals surface area contributed by atoms with Crippen LogP contribution in [0.1, 0.15) is 32.8 Å². The number of carbonyl (C=O) groups excluding carboxylic acids is 2. The van der Waals surface area contributed by atoms with E-state index in [1.807, 2.05) is 39.0 Å². The minimum Gasteiger partial charge on any atom is -0.444 e. The normalized spacial score (nSPS) is 24.8. The first kappa shape index (κ1) is 17.0. The highest BCUT2D eigenvalue weighted by molar-refractivity contribution is 5.86. The second-order valence-electron chi connectivity index (χ2n) is 7.75. The molecule has 130 valence electrons. The molecule has 2 atom stereocenters. The number of ketones is 1. The number of hydrogen-bond acceptors (Lipinski definition) is 4. The van der Waals surface area contributed by atoms with E-state index in [1.54, 1.807) is 4.90 Å². The molecule has 24 heavy (non-hydrogen) atoms. The number of benzene rings is 1. The summed E-state index contributed by atoms with van der Waals surface area (Å²) in [6.07, 6.45) is 0.452. The number of carbonyl (C=O) groups is 2. The second kappa shape index (κ2) is 6.55. The highest BCUT2D eigenvalue weighted by Gasteiger charge is 2.45. The Balaban J connectivity index is 1.69. The third-order valence-corrected chi connectivity index (χ3v) is 4.70. The van der Waals surface area contributed by atoms with Crippen molar-refractivity contribution in [1.29, 1.82) is 0 Å². The van der Waals surface area contributed by atoms with Gasteiger partial charge in [-0.2, -0.15) is 0 Å². The third-order valence-electron chi connectivity index (χ3n) is 4.70. The number of amides is 1. The van der Waals surface area contributed by atoms with Crippen LogP contribution < -0.4 is 0 Å².